The van der Waals surface area contributed by atoms with E-state index >= 15 is 0 Å². The summed E-state index contributed by atoms with van der Waals surface area (Å²) in [6, 6.07) is 9.12. The molecule has 7 nitrogen and oxygen atoms in total. The summed E-state index contributed by atoms with van der Waals surface area (Å²) in [5.74, 6) is 2.98. The van der Waals surface area contributed by atoms with Crippen LogP contribution in [0.3, 0.4) is 0 Å². The average Bonchev–Trinajstić information content (AvgIpc) is 3.35. The van der Waals surface area contributed by atoms with E-state index in [2.05, 4.69) is 15.5 Å². The smallest absolute Gasteiger partial charge is 0.407 e. The van der Waals surface area contributed by atoms with E-state index in [1.54, 1.807) is 11.8 Å². The quantitative estimate of drug-likeness (QED) is 0.470. The van der Waals surface area contributed by atoms with Gasteiger partial charge in [-0.3, -0.25) is 9.69 Å². The van der Waals surface area contributed by atoms with E-state index < -0.39 is 18.2 Å². The zero-order valence-corrected chi connectivity index (χ0v) is 23.5. The lowest BCUT2D eigenvalue weighted by atomic mass is 9.72. The molecule has 8 heteroatoms. The fraction of sp³-hybridized carbons (Fsp3) is 0.724. The Morgan fingerprint density at radius 1 is 1.14 bits per heavy atom. The Morgan fingerprint density at radius 2 is 1.86 bits per heavy atom. The molecule has 2 amide bonds. The molecule has 0 spiro atoms. The summed E-state index contributed by atoms with van der Waals surface area (Å²) < 4.78 is 5.64. The van der Waals surface area contributed by atoms with Crippen LogP contribution in [0.1, 0.15) is 64.9 Å². The fourth-order valence-electron chi connectivity index (χ4n) is 6.09. The fourth-order valence-corrected chi connectivity index (χ4v) is 7.18. The molecule has 1 aromatic rings. The SMILES string of the molecule is CC(C)(C)NC(=O)[C@@H]1C[C@@H]2CCCC[C@@H]2CN1C[C@@H](O)[C@H](Cc1ccccc1)NC(=O)O[C@H]1CCSC1. The van der Waals surface area contributed by atoms with E-state index in [9.17, 15) is 14.7 Å². The van der Waals surface area contributed by atoms with Gasteiger partial charge in [-0.25, -0.2) is 4.79 Å². The van der Waals surface area contributed by atoms with Crippen LogP contribution in [0, 0.1) is 11.8 Å². The second kappa shape index (κ2) is 12.9. The van der Waals surface area contributed by atoms with Crippen molar-refractivity contribution in [3.63, 3.8) is 0 Å². The van der Waals surface area contributed by atoms with Gasteiger partial charge in [0, 0.05) is 24.4 Å². The standard InChI is InChI=1S/C29H45N3O4S/c1-29(2,3)31-27(34)25-16-21-11-7-8-12-22(21)17-32(25)18-26(33)24(15-20-9-5-4-6-10-20)30-28(35)36-23-13-14-37-19-23/h4-6,9-10,21-26,33H,7-8,11-19H2,1-3H3,(H,30,35)(H,31,34)/t21-,22+,23-,24-,25-,26+/m0/s1. The predicted molar refractivity (Wildman–Crippen MR) is 149 cm³/mol. The van der Waals surface area contributed by atoms with Gasteiger partial charge in [-0.1, -0.05) is 49.6 Å². The first-order valence-corrected chi connectivity index (χ1v) is 15.2. The summed E-state index contributed by atoms with van der Waals surface area (Å²) >= 11 is 1.79. The third-order valence-corrected chi connectivity index (χ3v) is 9.08. The number of amides is 2. The minimum Gasteiger partial charge on any atom is -0.445 e. The maximum absolute atomic E-state index is 13.4. The highest BCUT2D eigenvalue weighted by atomic mass is 32.2. The third kappa shape index (κ3) is 8.36. The van der Waals surface area contributed by atoms with Crippen molar-refractivity contribution >= 4 is 23.8 Å². The highest BCUT2D eigenvalue weighted by molar-refractivity contribution is 7.99. The number of aliphatic hydroxyl groups is 1. The van der Waals surface area contributed by atoms with Crippen LogP contribution in [-0.4, -0.2) is 76.4 Å². The van der Waals surface area contributed by atoms with Crippen LogP contribution < -0.4 is 10.6 Å². The van der Waals surface area contributed by atoms with Gasteiger partial charge in [0.1, 0.15) is 6.10 Å². The van der Waals surface area contributed by atoms with E-state index in [1.165, 1.54) is 25.7 Å². The Kier molecular flexibility index (Phi) is 9.81. The maximum atomic E-state index is 13.4. The number of carbonyl (C=O) groups excluding carboxylic acids is 2. The highest BCUT2D eigenvalue weighted by Crippen LogP contribution is 2.39. The molecule has 1 saturated carbocycles. The molecular weight excluding hydrogens is 486 g/mol. The van der Waals surface area contributed by atoms with Crippen molar-refractivity contribution in [2.75, 3.05) is 24.6 Å². The lowest BCUT2D eigenvalue weighted by Gasteiger charge is -2.47. The van der Waals surface area contributed by atoms with Gasteiger partial charge in [-0.05, 0) is 69.6 Å². The Morgan fingerprint density at radius 3 is 2.54 bits per heavy atom. The lowest BCUT2D eigenvalue weighted by molar-refractivity contribution is -0.132. The van der Waals surface area contributed by atoms with E-state index in [0.717, 1.165) is 36.5 Å². The minimum absolute atomic E-state index is 0.0365. The Balaban J connectivity index is 1.48. The van der Waals surface area contributed by atoms with Gasteiger partial charge >= 0.3 is 6.09 Å². The molecule has 0 bridgehead atoms. The number of nitrogens with one attached hydrogen (secondary N) is 2. The summed E-state index contributed by atoms with van der Waals surface area (Å²) in [4.78, 5) is 28.3. The molecule has 37 heavy (non-hydrogen) atoms. The highest BCUT2D eigenvalue weighted by Gasteiger charge is 2.41. The van der Waals surface area contributed by atoms with E-state index in [4.69, 9.17) is 4.74 Å². The van der Waals surface area contributed by atoms with Gasteiger partial charge in [0.15, 0.2) is 0 Å². The van der Waals surface area contributed by atoms with Crippen molar-refractivity contribution in [3.8, 4) is 0 Å². The molecule has 206 valence electrons. The van der Waals surface area contributed by atoms with Crippen LogP contribution in [0.15, 0.2) is 30.3 Å². The van der Waals surface area contributed by atoms with Crippen molar-refractivity contribution < 1.29 is 19.4 Å². The van der Waals surface area contributed by atoms with E-state index in [0.29, 0.717) is 24.8 Å². The van der Waals surface area contributed by atoms with Gasteiger partial charge in [0.05, 0.1) is 18.2 Å². The van der Waals surface area contributed by atoms with E-state index in [-0.39, 0.29) is 23.6 Å². The van der Waals surface area contributed by atoms with Crippen LogP contribution in [0.4, 0.5) is 4.79 Å². The molecule has 2 heterocycles. The number of hydrogen-bond donors (Lipinski definition) is 3. The summed E-state index contributed by atoms with van der Waals surface area (Å²) in [6.45, 7) is 7.16. The van der Waals surface area contributed by atoms with Crippen molar-refractivity contribution in [2.24, 2.45) is 11.8 Å². The molecular formula is C29H45N3O4S. The number of likely N-dealkylation sites (tertiary alicyclic amines) is 1. The zero-order chi connectivity index (χ0) is 26.4. The van der Waals surface area contributed by atoms with Gasteiger partial charge < -0.3 is 20.5 Å². The number of benzene rings is 1. The third-order valence-electron chi connectivity index (χ3n) is 7.95. The van der Waals surface area contributed by atoms with E-state index in [1.807, 2.05) is 51.1 Å². The summed E-state index contributed by atoms with van der Waals surface area (Å²) in [6.07, 6.45) is 5.65. The average molecular weight is 532 g/mol. The Hall–Kier alpha value is -1.77. The number of piperidine rings is 1. The molecule has 3 aliphatic rings. The number of thioether (sulfide) groups is 1. The van der Waals surface area contributed by atoms with Crippen molar-refractivity contribution in [2.45, 2.75) is 95.5 Å². The predicted octanol–water partition coefficient (Wildman–Crippen LogP) is 3.99. The molecule has 0 unspecified atom stereocenters. The van der Waals surface area contributed by atoms with Crippen molar-refractivity contribution in [1.82, 2.24) is 15.5 Å². The summed E-state index contributed by atoms with van der Waals surface area (Å²) in [5, 5.41) is 17.7. The first kappa shape index (κ1) is 28.2. The molecule has 2 aliphatic heterocycles. The van der Waals surface area contributed by atoms with Crippen molar-refractivity contribution in [3.05, 3.63) is 35.9 Å². The lowest BCUT2D eigenvalue weighted by Crippen LogP contribution is -2.60. The van der Waals surface area contributed by atoms with Gasteiger partial charge in [0.2, 0.25) is 5.91 Å². The Labute approximate surface area is 226 Å². The number of fused-ring (bicyclic) bond motifs is 1. The zero-order valence-electron chi connectivity index (χ0n) is 22.7. The number of rotatable bonds is 8. The van der Waals surface area contributed by atoms with Gasteiger partial charge in [-0.2, -0.15) is 11.8 Å². The van der Waals surface area contributed by atoms with Crippen LogP contribution in [0.5, 0.6) is 0 Å². The summed E-state index contributed by atoms with van der Waals surface area (Å²) in [5.41, 5.74) is 0.723. The molecule has 3 fully saturated rings. The first-order chi connectivity index (χ1) is 17.7. The van der Waals surface area contributed by atoms with Crippen LogP contribution in [0.25, 0.3) is 0 Å². The monoisotopic (exact) mass is 531 g/mol. The van der Waals surface area contributed by atoms with Crippen LogP contribution in [-0.2, 0) is 16.0 Å². The van der Waals surface area contributed by atoms with Gasteiger partial charge in [-0.15, -0.1) is 0 Å². The molecule has 3 N–H and O–H groups in total. The molecule has 2 saturated heterocycles. The maximum Gasteiger partial charge on any atom is 0.407 e. The molecule has 1 aromatic carbocycles. The number of hydrogen-bond acceptors (Lipinski definition) is 6. The molecule has 0 radical (unpaired) electrons. The van der Waals surface area contributed by atoms with Crippen molar-refractivity contribution in [1.29, 1.82) is 0 Å². The minimum atomic E-state index is -0.837. The molecule has 6 atom stereocenters. The number of nitrogens with zero attached hydrogens (tertiary/aromatic N) is 1. The largest absolute Gasteiger partial charge is 0.445 e. The van der Waals surface area contributed by atoms with Crippen LogP contribution in [0.2, 0.25) is 0 Å². The topological polar surface area (TPSA) is 90.9 Å². The first-order valence-electron chi connectivity index (χ1n) is 14.0. The van der Waals surface area contributed by atoms with Gasteiger partial charge in [0.25, 0.3) is 0 Å². The normalized spacial score (nSPS) is 28.1. The number of ether oxygens (including phenoxy) is 1. The molecule has 0 aromatic heterocycles. The second-order valence-corrected chi connectivity index (χ2v) is 13.3. The van der Waals surface area contributed by atoms with Crippen LogP contribution >= 0.6 is 11.8 Å². The number of alkyl carbamates (subject to hydrolysis) is 1. The number of carbonyl (C=O) groups is 2. The molecule has 1 aliphatic carbocycles. The second-order valence-electron chi connectivity index (χ2n) is 12.1. The Bertz CT molecular complexity index is 887. The number of β-amino-alcohol motifs (C(OH)–C–C–N with tert-alkyl or cyclic N) is 1. The summed E-state index contributed by atoms with van der Waals surface area (Å²) in [7, 11) is 0. The number of aliphatic hydroxyl groups excluding tert-OH is 1. The molecule has 4 rings (SSSR count).